The van der Waals surface area contributed by atoms with Gasteiger partial charge in [-0.15, -0.1) is 5.11 Å². The van der Waals surface area contributed by atoms with Gasteiger partial charge in [0.15, 0.2) is 6.17 Å². The molecule has 9 heteroatoms. The summed E-state index contributed by atoms with van der Waals surface area (Å²) in [5.74, 6) is 11.3. The molecular formula is C28H32N8O. The number of nitrogens with zero attached hydrogens (tertiary/aromatic N) is 4. The predicted octanol–water partition coefficient (Wildman–Crippen LogP) is 1.36. The molecule has 2 heterocycles. The van der Waals surface area contributed by atoms with E-state index in [-0.39, 0.29) is 12.1 Å². The van der Waals surface area contributed by atoms with E-state index >= 15 is 0 Å². The van der Waals surface area contributed by atoms with Crippen LogP contribution in [0.4, 0.5) is 5.69 Å². The van der Waals surface area contributed by atoms with E-state index in [4.69, 9.17) is 11.7 Å². The number of benzene rings is 3. The van der Waals surface area contributed by atoms with Gasteiger partial charge in [0.05, 0.1) is 5.69 Å². The largest absolute Gasteiger partial charge is 0.365 e. The number of amides is 1. The quantitative estimate of drug-likeness (QED) is 0.177. The number of aryl methyl sites for hydroxylation is 1. The van der Waals surface area contributed by atoms with E-state index in [0.717, 1.165) is 59.9 Å². The molecule has 2 aliphatic heterocycles. The maximum Gasteiger partial charge on any atom is 0.272 e. The van der Waals surface area contributed by atoms with Gasteiger partial charge in [0.25, 0.3) is 5.91 Å². The van der Waals surface area contributed by atoms with Gasteiger partial charge in [-0.25, -0.2) is 10.9 Å². The smallest absolute Gasteiger partial charge is 0.272 e. The van der Waals surface area contributed by atoms with Gasteiger partial charge in [-0.2, -0.15) is 0 Å². The van der Waals surface area contributed by atoms with Gasteiger partial charge in [0, 0.05) is 44.5 Å². The lowest BCUT2D eigenvalue weighted by Gasteiger charge is -2.27. The average molecular weight is 497 g/mol. The average Bonchev–Trinajstić information content (AvgIpc) is 2.93. The van der Waals surface area contributed by atoms with Gasteiger partial charge in [0.2, 0.25) is 0 Å². The molecule has 0 aliphatic carbocycles. The number of nitrogens with one attached hydrogen (secondary N) is 2. The summed E-state index contributed by atoms with van der Waals surface area (Å²) in [6, 6.07) is 19.7. The van der Waals surface area contributed by atoms with E-state index in [0.29, 0.717) is 11.3 Å². The van der Waals surface area contributed by atoms with Crippen molar-refractivity contribution in [1.82, 2.24) is 15.5 Å². The van der Waals surface area contributed by atoms with E-state index in [2.05, 4.69) is 38.0 Å². The van der Waals surface area contributed by atoms with Crippen molar-refractivity contribution in [1.29, 1.82) is 0 Å². The van der Waals surface area contributed by atoms with Crippen LogP contribution >= 0.6 is 0 Å². The fourth-order valence-electron chi connectivity index (χ4n) is 4.76. The normalized spacial score (nSPS) is 17.4. The highest BCUT2D eigenvalue weighted by Crippen LogP contribution is 2.27. The van der Waals surface area contributed by atoms with Crippen molar-refractivity contribution in [2.24, 2.45) is 22.0 Å². The van der Waals surface area contributed by atoms with E-state index in [1.54, 1.807) is 0 Å². The van der Waals surface area contributed by atoms with E-state index < -0.39 is 0 Å². The number of hydrazine groups is 1. The summed E-state index contributed by atoms with van der Waals surface area (Å²) in [6.07, 6.45) is 3.59. The SMILES string of the molecule is Cc1ccc(N(N)C(=O)c2ccc(CN3CCNCC3)cc2)cc1-c1ccc2c(c1)=CNC(N=NN)C=2. The Morgan fingerprint density at radius 3 is 2.59 bits per heavy atom. The molecule has 0 bridgehead atoms. The van der Waals surface area contributed by atoms with Crippen molar-refractivity contribution >= 4 is 23.9 Å². The number of piperazine rings is 1. The minimum absolute atomic E-state index is 0.249. The lowest BCUT2D eigenvalue weighted by Crippen LogP contribution is -2.42. The molecule has 1 fully saturated rings. The molecule has 0 saturated carbocycles. The van der Waals surface area contributed by atoms with Crippen LogP contribution < -0.4 is 37.8 Å². The number of anilines is 1. The lowest BCUT2D eigenvalue weighted by molar-refractivity contribution is 0.0987. The fourth-order valence-corrected chi connectivity index (χ4v) is 4.76. The van der Waals surface area contributed by atoms with Crippen LogP contribution in [0, 0.1) is 6.92 Å². The Morgan fingerprint density at radius 2 is 1.84 bits per heavy atom. The number of hydrogen-bond acceptors (Lipinski definition) is 7. The van der Waals surface area contributed by atoms with Crippen molar-refractivity contribution < 1.29 is 4.79 Å². The van der Waals surface area contributed by atoms with Gasteiger partial charge in [-0.3, -0.25) is 9.69 Å². The minimum Gasteiger partial charge on any atom is -0.365 e. The molecular weight excluding hydrogens is 464 g/mol. The fraction of sp³-hybridized carbons (Fsp3) is 0.250. The molecule has 3 aromatic carbocycles. The Kier molecular flexibility index (Phi) is 7.27. The third-order valence-corrected chi connectivity index (χ3v) is 6.87. The molecule has 1 saturated heterocycles. The Balaban J connectivity index is 1.35. The summed E-state index contributed by atoms with van der Waals surface area (Å²) in [5, 5.41) is 17.1. The number of nitrogens with two attached hydrogens (primary N) is 2. The van der Waals surface area contributed by atoms with Crippen molar-refractivity contribution in [3.05, 3.63) is 87.8 Å². The molecule has 6 N–H and O–H groups in total. The van der Waals surface area contributed by atoms with E-state index in [1.807, 2.05) is 67.7 Å². The van der Waals surface area contributed by atoms with Crippen molar-refractivity contribution in [3.8, 4) is 11.1 Å². The zero-order valence-corrected chi connectivity index (χ0v) is 20.9. The number of hydrogen-bond donors (Lipinski definition) is 4. The van der Waals surface area contributed by atoms with Gasteiger partial charge < -0.3 is 16.5 Å². The zero-order valence-electron chi connectivity index (χ0n) is 20.9. The summed E-state index contributed by atoms with van der Waals surface area (Å²) >= 11 is 0. The Bertz CT molecular complexity index is 1430. The minimum atomic E-state index is -0.277. The van der Waals surface area contributed by atoms with Crippen LogP contribution in [0.2, 0.25) is 0 Å². The third kappa shape index (κ3) is 5.54. The second-order valence-corrected chi connectivity index (χ2v) is 9.39. The molecule has 0 aromatic heterocycles. The Morgan fingerprint density at radius 1 is 1.05 bits per heavy atom. The second kappa shape index (κ2) is 10.9. The molecule has 3 aromatic rings. The molecule has 1 unspecified atom stereocenters. The standard InChI is InChI=1S/C28H32N8O/c1-19-2-9-25(16-26(19)23-8-7-22-15-27(33-34-29)32-17-24(22)14-23)36(30)28(37)21-5-3-20(4-6-21)18-35-12-10-31-11-13-35/h2-9,14-17,27,31-32H,10-13,18,30H2,1H3,(H2,29,33). The molecule has 9 nitrogen and oxygen atoms in total. The number of carbonyl (C=O) groups excluding carboxylic acids is 1. The molecule has 2 aliphatic rings. The molecule has 0 spiro atoms. The second-order valence-electron chi connectivity index (χ2n) is 9.39. The number of rotatable bonds is 6. The van der Waals surface area contributed by atoms with Crippen LogP contribution in [0.3, 0.4) is 0 Å². The number of fused-ring (bicyclic) bond motifs is 1. The van der Waals surface area contributed by atoms with Crippen LogP contribution in [0.25, 0.3) is 23.4 Å². The van der Waals surface area contributed by atoms with Gasteiger partial charge in [-0.1, -0.05) is 35.6 Å². The molecule has 0 radical (unpaired) electrons. The molecule has 190 valence electrons. The van der Waals surface area contributed by atoms with Crippen LogP contribution in [-0.4, -0.2) is 43.2 Å². The van der Waals surface area contributed by atoms with Crippen molar-refractivity contribution in [2.75, 3.05) is 31.2 Å². The topological polar surface area (TPSA) is 124 Å². The van der Waals surface area contributed by atoms with Crippen LogP contribution in [-0.2, 0) is 6.54 Å². The summed E-state index contributed by atoms with van der Waals surface area (Å²) in [4.78, 5) is 15.6. The highest BCUT2D eigenvalue weighted by Gasteiger charge is 2.17. The third-order valence-electron chi connectivity index (χ3n) is 6.87. The van der Waals surface area contributed by atoms with Crippen LogP contribution in [0.15, 0.2) is 71.0 Å². The number of carbonyl (C=O) groups is 1. The lowest BCUT2D eigenvalue weighted by atomic mass is 9.98. The monoisotopic (exact) mass is 496 g/mol. The van der Waals surface area contributed by atoms with Crippen LogP contribution in [0.1, 0.15) is 21.5 Å². The zero-order chi connectivity index (χ0) is 25.8. The predicted molar refractivity (Wildman–Crippen MR) is 146 cm³/mol. The maximum absolute atomic E-state index is 13.2. The first-order chi connectivity index (χ1) is 18.0. The van der Waals surface area contributed by atoms with Crippen LogP contribution in [0.5, 0.6) is 0 Å². The van der Waals surface area contributed by atoms with Crippen molar-refractivity contribution in [3.63, 3.8) is 0 Å². The molecule has 5 rings (SSSR count). The van der Waals surface area contributed by atoms with E-state index in [9.17, 15) is 4.79 Å². The van der Waals surface area contributed by atoms with Gasteiger partial charge in [0.1, 0.15) is 0 Å². The summed E-state index contributed by atoms with van der Waals surface area (Å²) in [5.41, 5.74) is 5.50. The Hall–Kier alpha value is -4.05. The van der Waals surface area contributed by atoms with Gasteiger partial charge >= 0.3 is 0 Å². The summed E-state index contributed by atoms with van der Waals surface area (Å²) in [6.45, 7) is 7.02. The molecule has 1 atom stereocenters. The first-order valence-corrected chi connectivity index (χ1v) is 12.4. The molecule has 1 amide bonds. The highest BCUT2D eigenvalue weighted by atomic mass is 16.2. The first kappa shape index (κ1) is 24.6. The first-order valence-electron chi connectivity index (χ1n) is 12.4. The molecule has 37 heavy (non-hydrogen) atoms. The highest BCUT2D eigenvalue weighted by molar-refractivity contribution is 6.05. The summed E-state index contributed by atoms with van der Waals surface area (Å²) in [7, 11) is 0. The maximum atomic E-state index is 13.2. The van der Waals surface area contributed by atoms with Crippen molar-refractivity contribution in [2.45, 2.75) is 19.6 Å². The van der Waals surface area contributed by atoms with Gasteiger partial charge in [-0.05, 0) is 76.0 Å². The Labute approximate surface area is 216 Å². The van der Waals surface area contributed by atoms with E-state index in [1.165, 1.54) is 10.6 Å². The summed E-state index contributed by atoms with van der Waals surface area (Å²) < 4.78 is 0.